The summed E-state index contributed by atoms with van der Waals surface area (Å²) in [6.45, 7) is 10.0. The number of halogens is 1. The van der Waals surface area contributed by atoms with Crippen LogP contribution >= 0.6 is 11.6 Å². The van der Waals surface area contributed by atoms with Crippen LogP contribution in [0.5, 0.6) is 11.5 Å². The highest BCUT2D eigenvalue weighted by atomic mass is 35.5. The minimum atomic E-state index is -0.818. The van der Waals surface area contributed by atoms with E-state index in [2.05, 4.69) is 21.9 Å². The second-order valence-electron chi connectivity index (χ2n) is 9.17. The molecule has 2 aromatic rings. The number of aliphatic hydroxyl groups is 1. The molecule has 1 N–H and O–H groups in total. The van der Waals surface area contributed by atoms with Gasteiger partial charge < -0.3 is 19.3 Å². The highest BCUT2D eigenvalue weighted by molar-refractivity contribution is 6.32. The van der Waals surface area contributed by atoms with Crippen molar-refractivity contribution in [2.24, 2.45) is 0 Å². The lowest BCUT2D eigenvalue weighted by Crippen LogP contribution is -2.47. The van der Waals surface area contributed by atoms with E-state index in [4.69, 9.17) is 25.8 Å². The zero-order valence-electron chi connectivity index (χ0n) is 19.5. The molecule has 2 saturated heterocycles. The molecule has 180 valence electrons. The number of nitrogens with zero attached hydrogens (tertiary/aromatic N) is 2. The topological polar surface area (TPSA) is 54.4 Å². The number of aryl methyl sites for hydroxylation is 1. The zero-order chi connectivity index (χ0) is 23.1. The van der Waals surface area contributed by atoms with Gasteiger partial charge >= 0.3 is 0 Å². The van der Waals surface area contributed by atoms with Crippen LogP contribution in [-0.2, 0) is 11.3 Å². The molecule has 2 aliphatic heterocycles. The van der Waals surface area contributed by atoms with E-state index in [1.54, 1.807) is 0 Å². The standard InChI is InChI=1S/C26H35ClN2O4/c1-21-2-7-24(27)25(18-21)33-20-26(30)8-10-29(11-9-26)19-22-3-5-23(6-4-22)32-17-14-28-12-15-31-16-13-28/h2-7,18,30H,8-17,19-20H2,1H3. The molecule has 7 heteroatoms. The fourth-order valence-corrected chi connectivity index (χ4v) is 4.44. The summed E-state index contributed by atoms with van der Waals surface area (Å²) in [5, 5.41) is 11.5. The Balaban J connectivity index is 1.18. The maximum atomic E-state index is 11.0. The molecule has 0 bridgehead atoms. The number of ether oxygens (including phenoxy) is 3. The Labute approximate surface area is 202 Å². The third-order valence-electron chi connectivity index (χ3n) is 6.48. The van der Waals surface area contributed by atoms with Gasteiger partial charge in [0.2, 0.25) is 0 Å². The van der Waals surface area contributed by atoms with E-state index in [0.717, 1.165) is 63.8 Å². The molecule has 2 heterocycles. The third kappa shape index (κ3) is 7.33. The maximum Gasteiger partial charge on any atom is 0.138 e. The van der Waals surface area contributed by atoms with E-state index in [1.807, 2.05) is 37.3 Å². The summed E-state index contributed by atoms with van der Waals surface area (Å²) in [5.41, 5.74) is 1.52. The van der Waals surface area contributed by atoms with Gasteiger partial charge in [0, 0.05) is 39.3 Å². The summed E-state index contributed by atoms with van der Waals surface area (Å²) < 4.78 is 17.2. The normalized spacial score (nSPS) is 19.4. The molecule has 0 saturated carbocycles. The third-order valence-corrected chi connectivity index (χ3v) is 6.79. The van der Waals surface area contributed by atoms with Gasteiger partial charge in [0.1, 0.15) is 30.3 Å². The molecule has 0 radical (unpaired) electrons. The van der Waals surface area contributed by atoms with Crippen molar-refractivity contribution in [1.29, 1.82) is 0 Å². The molecule has 0 spiro atoms. The number of benzene rings is 2. The van der Waals surface area contributed by atoms with Crippen LogP contribution in [0.2, 0.25) is 5.02 Å². The number of rotatable bonds is 9. The monoisotopic (exact) mass is 474 g/mol. The minimum absolute atomic E-state index is 0.264. The molecule has 0 aromatic heterocycles. The number of piperidine rings is 1. The second-order valence-corrected chi connectivity index (χ2v) is 9.58. The molecule has 2 aromatic carbocycles. The SMILES string of the molecule is Cc1ccc(Cl)c(OCC2(O)CCN(Cc3ccc(OCCN4CCOCC4)cc3)CC2)c1. The maximum absolute atomic E-state index is 11.0. The van der Waals surface area contributed by atoms with Crippen LogP contribution in [0.3, 0.4) is 0 Å². The van der Waals surface area contributed by atoms with Crippen LogP contribution in [0.15, 0.2) is 42.5 Å². The number of likely N-dealkylation sites (tertiary alicyclic amines) is 1. The second kappa shape index (κ2) is 11.5. The van der Waals surface area contributed by atoms with Crippen LogP contribution < -0.4 is 9.47 Å². The fourth-order valence-electron chi connectivity index (χ4n) is 4.27. The van der Waals surface area contributed by atoms with Crippen LogP contribution in [0.1, 0.15) is 24.0 Å². The minimum Gasteiger partial charge on any atom is -0.492 e. The van der Waals surface area contributed by atoms with Crippen molar-refractivity contribution in [1.82, 2.24) is 9.80 Å². The Morgan fingerprint density at radius 2 is 1.70 bits per heavy atom. The van der Waals surface area contributed by atoms with Crippen molar-refractivity contribution in [3.63, 3.8) is 0 Å². The van der Waals surface area contributed by atoms with Crippen molar-refractivity contribution in [3.8, 4) is 11.5 Å². The molecule has 0 aliphatic carbocycles. The van der Waals surface area contributed by atoms with Crippen LogP contribution in [0.25, 0.3) is 0 Å². The predicted molar refractivity (Wildman–Crippen MR) is 130 cm³/mol. The highest BCUT2D eigenvalue weighted by Gasteiger charge is 2.33. The number of hydrogen-bond donors (Lipinski definition) is 1. The number of morpholine rings is 1. The van der Waals surface area contributed by atoms with Gasteiger partial charge in [-0.25, -0.2) is 0 Å². The Hall–Kier alpha value is -1.83. The average Bonchev–Trinajstić information content (AvgIpc) is 2.83. The molecular weight excluding hydrogens is 440 g/mol. The number of hydrogen-bond acceptors (Lipinski definition) is 6. The Morgan fingerprint density at radius 1 is 0.970 bits per heavy atom. The lowest BCUT2D eigenvalue weighted by Gasteiger charge is -2.38. The fraction of sp³-hybridized carbons (Fsp3) is 0.538. The Bertz CT molecular complexity index is 878. The summed E-state index contributed by atoms with van der Waals surface area (Å²) in [5.74, 6) is 1.55. The van der Waals surface area contributed by atoms with E-state index >= 15 is 0 Å². The van der Waals surface area contributed by atoms with Gasteiger partial charge in [0.05, 0.1) is 18.2 Å². The Morgan fingerprint density at radius 3 is 2.42 bits per heavy atom. The molecule has 0 unspecified atom stereocenters. The van der Waals surface area contributed by atoms with E-state index < -0.39 is 5.60 Å². The Kier molecular flexibility index (Phi) is 8.50. The largest absolute Gasteiger partial charge is 0.492 e. The first kappa shape index (κ1) is 24.3. The van der Waals surface area contributed by atoms with Gasteiger partial charge in [0.25, 0.3) is 0 Å². The van der Waals surface area contributed by atoms with Gasteiger partial charge in [-0.05, 0) is 55.2 Å². The van der Waals surface area contributed by atoms with Gasteiger partial charge in [-0.15, -0.1) is 0 Å². The summed E-state index contributed by atoms with van der Waals surface area (Å²) in [4.78, 5) is 4.75. The summed E-state index contributed by atoms with van der Waals surface area (Å²) in [6.07, 6.45) is 1.36. The molecule has 33 heavy (non-hydrogen) atoms. The van der Waals surface area contributed by atoms with E-state index in [9.17, 15) is 5.11 Å². The summed E-state index contributed by atoms with van der Waals surface area (Å²) in [6, 6.07) is 14.1. The molecule has 0 atom stereocenters. The van der Waals surface area contributed by atoms with Gasteiger partial charge in [-0.3, -0.25) is 9.80 Å². The van der Waals surface area contributed by atoms with Crippen molar-refractivity contribution < 1.29 is 19.3 Å². The molecular formula is C26H35ClN2O4. The first-order valence-corrected chi connectivity index (χ1v) is 12.2. The van der Waals surface area contributed by atoms with E-state index in [-0.39, 0.29) is 6.61 Å². The van der Waals surface area contributed by atoms with Crippen molar-refractivity contribution in [2.45, 2.75) is 31.9 Å². The van der Waals surface area contributed by atoms with Gasteiger partial charge in [0.15, 0.2) is 0 Å². The lowest BCUT2D eigenvalue weighted by molar-refractivity contribution is -0.0537. The summed E-state index contributed by atoms with van der Waals surface area (Å²) >= 11 is 6.22. The first-order valence-electron chi connectivity index (χ1n) is 11.8. The van der Waals surface area contributed by atoms with Crippen LogP contribution in [0, 0.1) is 6.92 Å². The first-order chi connectivity index (χ1) is 16.0. The van der Waals surface area contributed by atoms with Crippen LogP contribution in [0.4, 0.5) is 0 Å². The molecule has 0 amide bonds. The molecule has 2 fully saturated rings. The van der Waals surface area contributed by atoms with E-state index in [1.165, 1.54) is 5.56 Å². The molecule has 4 rings (SSSR count). The summed E-state index contributed by atoms with van der Waals surface area (Å²) in [7, 11) is 0. The zero-order valence-corrected chi connectivity index (χ0v) is 20.2. The van der Waals surface area contributed by atoms with Gasteiger partial charge in [-0.2, -0.15) is 0 Å². The van der Waals surface area contributed by atoms with Crippen molar-refractivity contribution in [2.75, 3.05) is 59.2 Å². The van der Waals surface area contributed by atoms with Crippen molar-refractivity contribution >= 4 is 11.6 Å². The van der Waals surface area contributed by atoms with E-state index in [0.29, 0.717) is 30.2 Å². The molecule has 6 nitrogen and oxygen atoms in total. The van der Waals surface area contributed by atoms with Crippen molar-refractivity contribution in [3.05, 3.63) is 58.6 Å². The average molecular weight is 475 g/mol. The van der Waals surface area contributed by atoms with Crippen LogP contribution in [-0.4, -0.2) is 79.7 Å². The quantitative estimate of drug-likeness (QED) is 0.597. The molecule has 2 aliphatic rings. The predicted octanol–water partition coefficient (Wildman–Crippen LogP) is 3.77. The highest BCUT2D eigenvalue weighted by Crippen LogP contribution is 2.29. The lowest BCUT2D eigenvalue weighted by atomic mass is 9.92. The smallest absolute Gasteiger partial charge is 0.138 e. The van der Waals surface area contributed by atoms with Gasteiger partial charge in [-0.1, -0.05) is 29.8 Å².